The maximum atomic E-state index is 5.69. The molecule has 1 fully saturated rings. The first kappa shape index (κ1) is 7.03. The van der Waals surface area contributed by atoms with E-state index in [9.17, 15) is 0 Å². The summed E-state index contributed by atoms with van der Waals surface area (Å²) in [6, 6.07) is 0.310. The lowest BCUT2D eigenvalue weighted by molar-refractivity contribution is 0.0472. The fourth-order valence-corrected chi connectivity index (χ4v) is 1.18. The molecule has 0 spiro atoms. The fraction of sp³-hybridized carbons (Fsp3) is 1.00. The minimum Gasteiger partial charge on any atom is -0.381 e. The molecule has 1 aliphatic heterocycles. The highest BCUT2D eigenvalue weighted by molar-refractivity contribution is 4.70. The number of hydrogen-bond acceptors (Lipinski definition) is 2. The smallest absolute Gasteiger partial charge is 0.0508 e. The average molecular weight is 129 g/mol. The molecule has 9 heavy (non-hydrogen) atoms. The Labute approximate surface area is 56.4 Å². The van der Waals surface area contributed by atoms with Crippen molar-refractivity contribution in [3.63, 3.8) is 0 Å². The van der Waals surface area contributed by atoms with Crippen molar-refractivity contribution in [2.24, 2.45) is 11.7 Å². The van der Waals surface area contributed by atoms with Crippen molar-refractivity contribution in [1.82, 2.24) is 0 Å². The second-order valence-corrected chi connectivity index (χ2v) is 2.84. The van der Waals surface area contributed by atoms with Crippen LogP contribution in [0.15, 0.2) is 0 Å². The normalized spacial score (nSPS) is 32.0. The van der Waals surface area contributed by atoms with E-state index in [4.69, 9.17) is 10.5 Å². The van der Waals surface area contributed by atoms with Gasteiger partial charge in [-0.05, 0) is 25.7 Å². The molecule has 2 N–H and O–H groups in total. The first-order valence-electron chi connectivity index (χ1n) is 3.64. The van der Waals surface area contributed by atoms with E-state index in [1.807, 2.05) is 0 Å². The minimum absolute atomic E-state index is 0.310. The number of ether oxygens (including phenoxy) is 1. The lowest BCUT2D eigenvalue weighted by Gasteiger charge is -2.24. The van der Waals surface area contributed by atoms with Gasteiger partial charge in [-0.3, -0.25) is 0 Å². The van der Waals surface area contributed by atoms with Crippen molar-refractivity contribution in [2.75, 3.05) is 13.2 Å². The van der Waals surface area contributed by atoms with Crippen LogP contribution in [-0.4, -0.2) is 19.3 Å². The Morgan fingerprint density at radius 3 is 2.78 bits per heavy atom. The zero-order valence-electron chi connectivity index (χ0n) is 5.97. The predicted molar refractivity (Wildman–Crippen MR) is 37.2 cm³/mol. The third-order valence-corrected chi connectivity index (χ3v) is 1.94. The summed E-state index contributed by atoms with van der Waals surface area (Å²) in [5.74, 6) is 0.610. The van der Waals surface area contributed by atoms with Crippen LogP contribution in [0.4, 0.5) is 0 Å². The summed E-state index contributed by atoms with van der Waals surface area (Å²) in [7, 11) is 0. The predicted octanol–water partition coefficient (Wildman–Crippen LogP) is 0.760. The van der Waals surface area contributed by atoms with Crippen LogP contribution in [0.2, 0.25) is 0 Å². The maximum absolute atomic E-state index is 5.69. The van der Waals surface area contributed by atoms with Crippen molar-refractivity contribution in [1.29, 1.82) is 0 Å². The number of nitrogens with two attached hydrogens (primary N) is 1. The van der Waals surface area contributed by atoms with Crippen LogP contribution < -0.4 is 5.73 Å². The molecule has 2 heteroatoms. The lowest BCUT2D eigenvalue weighted by atomic mass is 9.96. The highest BCUT2D eigenvalue weighted by atomic mass is 16.5. The van der Waals surface area contributed by atoms with Gasteiger partial charge in [0.25, 0.3) is 0 Å². The van der Waals surface area contributed by atoms with E-state index < -0.39 is 0 Å². The van der Waals surface area contributed by atoms with Crippen LogP contribution in [0.3, 0.4) is 0 Å². The highest BCUT2D eigenvalue weighted by Crippen LogP contribution is 2.15. The first-order valence-corrected chi connectivity index (χ1v) is 3.64. The molecule has 0 radical (unpaired) electrons. The standard InChI is InChI=1S/C7H15NO/c1-6(8)7-3-2-4-9-5-7/h6-7H,2-5,8H2,1H3/t6-,7+/m0/s1. The van der Waals surface area contributed by atoms with Crippen LogP contribution in [0.25, 0.3) is 0 Å². The van der Waals surface area contributed by atoms with E-state index in [0.717, 1.165) is 13.2 Å². The molecule has 2 atom stereocenters. The van der Waals surface area contributed by atoms with Crippen LogP contribution in [-0.2, 0) is 4.74 Å². The number of hydrogen-bond donors (Lipinski definition) is 1. The van der Waals surface area contributed by atoms with Crippen LogP contribution in [0.1, 0.15) is 19.8 Å². The molecule has 1 rings (SSSR count). The Morgan fingerprint density at radius 1 is 1.67 bits per heavy atom. The van der Waals surface area contributed by atoms with Gasteiger partial charge in [0, 0.05) is 12.6 Å². The molecule has 0 aromatic carbocycles. The van der Waals surface area contributed by atoms with E-state index in [1.54, 1.807) is 0 Å². The zero-order chi connectivity index (χ0) is 6.69. The molecule has 0 aromatic rings. The van der Waals surface area contributed by atoms with Gasteiger partial charge in [-0.25, -0.2) is 0 Å². The van der Waals surface area contributed by atoms with E-state index in [1.165, 1.54) is 12.8 Å². The summed E-state index contributed by atoms with van der Waals surface area (Å²) in [5.41, 5.74) is 5.69. The van der Waals surface area contributed by atoms with Crippen molar-refractivity contribution in [3.8, 4) is 0 Å². The van der Waals surface area contributed by atoms with Crippen LogP contribution in [0, 0.1) is 5.92 Å². The van der Waals surface area contributed by atoms with Gasteiger partial charge < -0.3 is 10.5 Å². The van der Waals surface area contributed by atoms with Gasteiger partial charge in [-0.15, -0.1) is 0 Å². The Bertz CT molecular complexity index is 77.0. The van der Waals surface area contributed by atoms with Gasteiger partial charge in [0.1, 0.15) is 0 Å². The second-order valence-electron chi connectivity index (χ2n) is 2.84. The summed E-state index contributed by atoms with van der Waals surface area (Å²) in [4.78, 5) is 0. The maximum Gasteiger partial charge on any atom is 0.0508 e. The van der Waals surface area contributed by atoms with Crippen molar-refractivity contribution in [3.05, 3.63) is 0 Å². The Kier molecular flexibility index (Phi) is 2.49. The topological polar surface area (TPSA) is 35.2 Å². The fourth-order valence-electron chi connectivity index (χ4n) is 1.18. The summed E-state index contributed by atoms with van der Waals surface area (Å²) in [6.07, 6.45) is 2.43. The monoisotopic (exact) mass is 129 g/mol. The first-order chi connectivity index (χ1) is 4.30. The lowest BCUT2D eigenvalue weighted by Crippen LogP contribution is -2.33. The van der Waals surface area contributed by atoms with Crippen molar-refractivity contribution < 1.29 is 4.74 Å². The second kappa shape index (κ2) is 3.18. The van der Waals surface area contributed by atoms with Crippen LogP contribution in [0.5, 0.6) is 0 Å². The Hall–Kier alpha value is -0.0800. The quantitative estimate of drug-likeness (QED) is 0.567. The van der Waals surface area contributed by atoms with E-state index in [0.29, 0.717) is 12.0 Å². The Morgan fingerprint density at radius 2 is 2.44 bits per heavy atom. The number of rotatable bonds is 1. The van der Waals surface area contributed by atoms with Crippen molar-refractivity contribution >= 4 is 0 Å². The largest absolute Gasteiger partial charge is 0.381 e. The van der Waals surface area contributed by atoms with E-state index in [2.05, 4.69) is 6.92 Å². The third-order valence-electron chi connectivity index (χ3n) is 1.94. The summed E-state index contributed by atoms with van der Waals surface area (Å²) < 4.78 is 5.26. The SMILES string of the molecule is C[C@H](N)[C@@H]1CCCOC1. The summed E-state index contributed by atoms with van der Waals surface area (Å²) >= 11 is 0. The van der Waals surface area contributed by atoms with Crippen LogP contribution >= 0.6 is 0 Å². The molecule has 2 nitrogen and oxygen atoms in total. The Balaban J connectivity index is 2.23. The van der Waals surface area contributed by atoms with Gasteiger partial charge in [0.05, 0.1) is 6.61 Å². The molecule has 0 saturated carbocycles. The van der Waals surface area contributed by atoms with Crippen molar-refractivity contribution in [2.45, 2.75) is 25.8 Å². The average Bonchev–Trinajstić information content (AvgIpc) is 1.90. The molecule has 0 unspecified atom stereocenters. The van der Waals surface area contributed by atoms with Gasteiger partial charge in [0.2, 0.25) is 0 Å². The third kappa shape index (κ3) is 1.95. The molecule has 1 saturated heterocycles. The molecule has 0 amide bonds. The zero-order valence-corrected chi connectivity index (χ0v) is 5.97. The molecule has 0 bridgehead atoms. The van der Waals surface area contributed by atoms with Gasteiger partial charge in [0.15, 0.2) is 0 Å². The van der Waals surface area contributed by atoms with Gasteiger partial charge in [-0.1, -0.05) is 0 Å². The summed E-state index contributed by atoms with van der Waals surface area (Å²) in [5, 5.41) is 0. The van der Waals surface area contributed by atoms with Gasteiger partial charge >= 0.3 is 0 Å². The summed E-state index contributed by atoms with van der Waals surface area (Å²) in [6.45, 7) is 3.86. The molecule has 54 valence electrons. The van der Waals surface area contributed by atoms with E-state index >= 15 is 0 Å². The molecular formula is C7H15NO. The van der Waals surface area contributed by atoms with E-state index in [-0.39, 0.29) is 0 Å². The molecule has 1 aliphatic rings. The highest BCUT2D eigenvalue weighted by Gasteiger charge is 2.16. The molecular weight excluding hydrogens is 114 g/mol. The molecule has 1 heterocycles. The molecule has 0 aromatic heterocycles. The molecule has 0 aliphatic carbocycles. The minimum atomic E-state index is 0.310. The van der Waals surface area contributed by atoms with Gasteiger partial charge in [-0.2, -0.15) is 0 Å².